The van der Waals surface area contributed by atoms with E-state index in [1.807, 2.05) is 0 Å². The Morgan fingerprint density at radius 1 is 1.12 bits per heavy atom. The molecule has 0 aliphatic carbocycles. The lowest BCUT2D eigenvalue weighted by Crippen LogP contribution is -2.37. The number of methoxy groups -OCH3 is 1. The van der Waals surface area contributed by atoms with Gasteiger partial charge in [-0.3, -0.25) is 9.59 Å². The predicted octanol–water partition coefficient (Wildman–Crippen LogP) is 4.82. The van der Waals surface area contributed by atoms with E-state index >= 15 is 0 Å². The van der Waals surface area contributed by atoms with E-state index in [1.165, 1.54) is 43.5 Å². The number of rotatable bonds is 9. The van der Waals surface area contributed by atoms with Crippen LogP contribution in [-0.2, 0) is 15.8 Å². The number of benzene rings is 2. The van der Waals surface area contributed by atoms with Crippen molar-refractivity contribution in [2.24, 2.45) is 0 Å². The zero-order valence-electron chi connectivity index (χ0n) is 17.7. The number of likely N-dealkylation sites (N-methyl/N-ethyl adjacent to an activating group) is 1. The predicted molar refractivity (Wildman–Crippen MR) is 111 cm³/mol. The second kappa shape index (κ2) is 11.3. The number of nitrogens with zero attached hydrogens (tertiary/aromatic N) is 1. The van der Waals surface area contributed by atoms with Gasteiger partial charge in [0.2, 0.25) is 11.8 Å². The van der Waals surface area contributed by atoms with Crippen molar-refractivity contribution in [2.75, 3.05) is 25.5 Å². The van der Waals surface area contributed by atoms with Gasteiger partial charge < -0.3 is 19.7 Å². The minimum Gasteiger partial charge on any atom is -0.493 e. The molecule has 11 heteroatoms. The summed E-state index contributed by atoms with van der Waals surface area (Å²) in [6, 6.07) is 8.55. The Balaban J connectivity index is 2.07. The molecule has 2 amide bonds. The molecule has 0 spiro atoms. The van der Waals surface area contributed by atoms with Crippen molar-refractivity contribution in [3.05, 3.63) is 59.7 Å². The molecule has 178 valence electrons. The van der Waals surface area contributed by atoms with Crippen LogP contribution in [0.25, 0.3) is 6.08 Å². The average molecular weight is 472 g/mol. The SMILES string of the molecule is CCN(CC(=O)Nc1ccccc1C(F)(F)F)C(=O)/C=C/c1ccc(OC(F)F)c(OC)c1. The molecule has 33 heavy (non-hydrogen) atoms. The minimum absolute atomic E-state index is 0.0277. The molecule has 2 aromatic rings. The summed E-state index contributed by atoms with van der Waals surface area (Å²) in [5, 5.41) is 2.18. The molecule has 0 bridgehead atoms. The summed E-state index contributed by atoms with van der Waals surface area (Å²) in [4.78, 5) is 25.8. The molecular weight excluding hydrogens is 451 g/mol. The summed E-state index contributed by atoms with van der Waals surface area (Å²) in [6.07, 6.45) is -2.14. The molecule has 0 saturated heterocycles. The van der Waals surface area contributed by atoms with Crippen molar-refractivity contribution in [2.45, 2.75) is 19.7 Å². The van der Waals surface area contributed by atoms with Gasteiger partial charge in [0.05, 0.1) is 18.4 Å². The molecule has 0 aliphatic rings. The van der Waals surface area contributed by atoms with Gasteiger partial charge in [-0.05, 0) is 42.8 Å². The van der Waals surface area contributed by atoms with Crippen LogP contribution in [0, 0.1) is 0 Å². The van der Waals surface area contributed by atoms with Crippen LogP contribution in [0.4, 0.5) is 27.6 Å². The number of carbonyl (C=O) groups is 2. The van der Waals surface area contributed by atoms with Crippen molar-refractivity contribution < 1.29 is 41.0 Å². The molecule has 0 saturated carbocycles. The van der Waals surface area contributed by atoms with Gasteiger partial charge >= 0.3 is 12.8 Å². The largest absolute Gasteiger partial charge is 0.493 e. The number of amides is 2. The molecule has 0 aliphatic heterocycles. The third kappa shape index (κ3) is 7.48. The molecule has 6 nitrogen and oxygen atoms in total. The topological polar surface area (TPSA) is 67.9 Å². The lowest BCUT2D eigenvalue weighted by atomic mass is 10.1. The summed E-state index contributed by atoms with van der Waals surface area (Å²) < 4.78 is 73.4. The van der Waals surface area contributed by atoms with Crippen molar-refractivity contribution in [1.29, 1.82) is 0 Å². The smallest absolute Gasteiger partial charge is 0.418 e. The molecule has 0 fully saturated rings. The number of alkyl halides is 5. The lowest BCUT2D eigenvalue weighted by molar-refractivity contribution is -0.137. The maximum absolute atomic E-state index is 13.1. The number of nitrogens with one attached hydrogen (secondary N) is 1. The number of hydrogen-bond donors (Lipinski definition) is 1. The van der Waals surface area contributed by atoms with E-state index in [-0.39, 0.29) is 18.0 Å². The van der Waals surface area contributed by atoms with Crippen LogP contribution >= 0.6 is 0 Å². The first kappa shape index (κ1) is 25.6. The van der Waals surface area contributed by atoms with Crippen LogP contribution in [0.15, 0.2) is 48.5 Å². The highest BCUT2D eigenvalue weighted by Gasteiger charge is 2.33. The fourth-order valence-corrected chi connectivity index (χ4v) is 2.80. The summed E-state index contributed by atoms with van der Waals surface area (Å²) >= 11 is 0. The van der Waals surface area contributed by atoms with Crippen LogP contribution in [-0.4, -0.2) is 43.5 Å². The maximum Gasteiger partial charge on any atom is 0.418 e. The first-order valence-electron chi connectivity index (χ1n) is 9.61. The Morgan fingerprint density at radius 3 is 2.42 bits per heavy atom. The first-order valence-corrected chi connectivity index (χ1v) is 9.61. The van der Waals surface area contributed by atoms with E-state index in [0.29, 0.717) is 5.56 Å². The zero-order chi connectivity index (χ0) is 24.6. The number of anilines is 1. The van der Waals surface area contributed by atoms with Gasteiger partial charge in [-0.15, -0.1) is 0 Å². The van der Waals surface area contributed by atoms with Crippen LogP contribution in [0.3, 0.4) is 0 Å². The van der Waals surface area contributed by atoms with Gasteiger partial charge in [-0.2, -0.15) is 22.0 Å². The maximum atomic E-state index is 13.1. The summed E-state index contributed by atoms with van der Waals surface area (Å²) in [5.41, 5.74) is -0.977. The van der Waals surface area contributed by atoms with Gasteiger partial charge in [0.15, 0.2) is 11.5 Å². The van der Waals surface area contributed by atoms with Crippen molar-refractivity contribution >= 4 is 23.6 Å². The number of halogens is 5. The first-order chi connectivity index (χ1) is 15.5. The van der Waals surface area contributed by atoms with Gasteiger partial charge in [-0.25, -0.2) is 0 Å². The summed E-state index contributed by atoms with van der Waals surface area (Å²) in [6.45, 7) is -1.80. The molecular formula is C22H21F5N2O4. The van der Waals surface area contributed by atoms with Crippen molar-refractivity contribution in [3.8, 4) is 11.5 Å². The Labute approximate surface area is 186 Å². The van der Waals surface area contributed by atoms with E-state index in [2.05, 4.69) is 10.1 Å². The van der Waals surface area contributed by atoms with E-state index in [0.717, 1.165) is 23.1 Å². The Morgan fingerprint density at radius 2 is 1.82 bits per heavy atom. The van der Waals surface area contributed by atoms with Crippen molar-refractivity contribution in [1.82, 2.24) is 4.90 Å². The Bertz CT molecular complexity index is 1010. The van der Waals surface area contributed by atoms with E-state index in [9.17, 15) is 31.5 Å². The van der Waals surface area contributed by atoms with E-state index < -0.39 is 42.4 Å². The second-order valence-corrected chi connectivity index (χ2v) is 6.57. The van der Waals surface area contributed by atoms with Crippen LogP contribution < -0.4 is 14.8 Å². The monoisotopic (exact) mass is 472 g/mol. The lowest BCUT2D eigenvalue weighted by Gasteiger charge is -2.20. The highest BCUT2D eigenvalue weighted by Crippen LogP contribution is 2.34. The molecule has 2 aromatic carbocycles. The summed E-state index contributed by atoms with van der Waals surface area (Å²) in [5.74, 6) is -1.53. The molecule has 0 atom stereocenters. The third-order valence-corrected chi connectivity index (χ3v) is 4.36. The highest BCUT2D eigenvalue weighted by molar-refractivity contribution is 5.98. The normalized spacial score (nSPS) is 11.5. The fraction of sp³-hybridized carbons (Fsp3) is 0.273. The molecule has 0 heterocycles. The highest BCUT2D eigenvalue weighted by atomic mass is 19.4. The number of para-hydroxylation sites is 1. The van der Waals surface area contributed by atoms with Gasteiger partial charge in [-0.1, -0.05) is 18.2 Å². The van der Waals surface area contributed by atoms with Gasteiger partial charge in [0.25, 0.3) is 0 Å². The molecule has 0 radical (unpaired) electrons. The van der Waals surface area contributed by atoms with Gasteiger partial charge in [0.1, 0.15) is 6.54 Å². The van der Waals surface area contributed by atoms with Crippen LogP contribution in [0.1, 0.15) is 18.1 Å². The number of ether oxygens (including phenoxy) is 2. The Kier molecular flexibility index (Phi) is 8.78. The van der Waals surface area contributed by atoms with Crippen LogP contribution in [0.5, 0.6) is 11.5 Å². The minimum atomic E-state index is -4.65. The number of carbonyl (C=O) groups excluding carboxylic acids is 2. The third-order valence-electron chi connectivity index (χ3n) is 4.36. The van der Waals surface area contributed by atoms with Gasteiger partial charge in [0, 0.05) is 12.6 Å². The van der Waals surface area contributed by atoms with Crippen LogP contribution in [0.2, 0.25) is 0 Å². The molecule has 2 rings (SSSR count). The zero-order valence-corrected chi connectivity index (χ0v) is 17.7. The second-order valence-electron chi connectivity index (χ2n) is 6.57. The molecule has 0 unspecified atom stereocenters. The average Bonchev–Trinajstić information content (AvgIpc) is 2.75. The standard InChI is InChI=1S/C22H21F5N2O4/c1-3-29(13-19(30)28-16-7-5-4-6-15(16)22(25,26)27)20(31)11-9-14-8-10-17(33-21(23)24)18(12-14)32-2/h4-12,21H,3,13H2,1-2H3,(H,28,30)/b11-9+. The fourth-order valence-electron chi connectivity index (χ4n) is 2.80. The quantitative estimate of drug-likeness (QED) is 0.420. The van der Waals surface area contributed by atoms with E-state index in [1.54, 1.807) is 6.92 Å². The van der Waals surface area contributed by atoms with E-state index in [4.69, 9.17) is 4.74 Å². The number of hydrogen-bond acceptors (Lipinski definition) is 4. The van der Waals surface area contributed by atoms with Crippen molar-refractivity contribution in [3.63, 3.8) is 0 Å². The molecule has 1 N–H and O–H groups in total. The summed E-state index contributed by atoms with van der Waals surface area (Å²) in [7, 11) is 1.26. The Hall–Kier alpha value is -3.63. The molecule has 0 aromatic heterocycles.